The smallest absolute Gasteiger partial charge is 0.367 e. The van der Waals surface area contributed by atoms with E-state index in [1.54, 1.807) is 6.92 Å². The maximum absolute atomic E-state index is 11.5. The summed E-state index contributed by atoms with van der Waals surface area (Å²) in [4.78, 5) is 18.2. The summed E-state index contributed by atoms with van der Waals surface area (Å²) in [6.45, 7) is 7.07. The highest BCUT2D eigenvalue weighted by atomic mass is 32.1. The number of nitrogens with zero attached hydrogens (tertiary/aromatic N) is 2. The number of carbonyl (C=O) groups is 1. The van der Waals surface area contributed by atoms with E-state index >= 15 is 0 Å². The Labute approximate surface area is 117 Å². The van der Waals surface area contributed by atoms with Gasteiger partial charge in [0.15, 0.2) is 0 Å². The Bertz CT molecular complexity index is 435. The summed E-state index contributed by atoms with van der Waals surface area (Å²) in [5.41, 5.74) is 7.01. The highest BCUT2D eigenvalue weighted by molar-refractivity contribution is 7.11. The molecule has 5 nitrogen and oxygen atoms in total. The predicted molar refractivity (Wildman–Crippen MR) is 75.1 cm³/mol. The number of thiazole rings is 1. The molecule has 2 heterocycles. The molecule has 1 aromatic heterocycles. The van der Waals surface area contributed by atoms with Crippen LogP contribution in [0, 0.1) is 5.92 Å². The maximum Gasteiger partial charge on any atom is 0.367 e. The minimum absolute atomic E-state index is 0.233. The first-order valence-corrected chi connectivity index (χ1v) is 7.57. The van der Waals surface area contributed by atoms with E-state index in [1.807, 2.05) is 5.38 Å². The summed E-state index contributed by atoms with van der Waals surface area (Å²) in [5, 5.41) is 2.36. The van der Waals surface area contributed by atoms with Gasteiger partial charge in [0.1, 0.15) is 0 Å². The van der Waals surface area contributed by atoms with Crippen LogP contribution in [0.5, 0.6) is 0 Å². The predicted octanol–water partition coefficient (Wildman–Crippen LogP) is 1.49. The van der Waals surface area contributed by atoms with E-state index in [2.05, 4.69) is 16.8 Å². The van der Waals surface area contributed by atoms with E-state index in [1.165, 1.54) is 11.3 Å². The van der Waals surface area contributed by atoms with Gasteiger partial charge in [-0.3, -0.25) is 4.90 Å². The van der Waals surface area contributed by atoms with Crippen LogP contribution in [0.4, 0.5) is 0 Å². The van der Waals surface area contributed by atoms with Crippen molar-refractivity contribution in [2.45, 2.75) is 32.9 Å². The minimum Gasteiger partial charge on any atom is -0.461 e. The third-order valence-corrected chi connectivity index (χ3v) is 4.36. The average molecular weight is 283 g/mol. The summed E-state index contributed by atoms with van der Waals surface area (Å²) in [7, 11) is 0. The molecule has 0 spiro atoms. The molecule has 0 saturated carbocycles. The van der Waals surface area contributed by atoms with E-state index in [9.17, 15) is 4.79 Å². The van der Waals surface area contributed by atoms with Crippen molar-refractivity contribution in [3.05, 3.63) is 16.1 Å². The number of likely N-dealkylation sites (tertiary alicyclic amines) is 1. The van der Waals surface area contributed by atoms with Gasteiger partial charge in [0.25, 0.3) is 0 Å². The molecule has 19 heavy (non-hydrogen) atoms. The lowest BCUT2D eigenvalue weighted by molar-refractivity contribution is 0.0525. The third-order valence-electron chi connectivity index (χ3n) is 3.49. The average Bonchev–Trinajstić information content (AvgIpc) is 2.83. The molecule has 1 aromatic rings. The lowest BCUT2D eigenvalue weighted by Crippen LogP contribution is -2.47. The molecule has 2 atom stereocenters. The highest BCUT2D eigenvalue weighted by Crippen LogP contribution is 2.19. The lowest BCUT2D eigenvalue weighted by atomic mass is 9.94. The van der Waals surface area contributed by atoms with Crippen molar-refractivity contribution < 1.29 is 9.53 Å². The van der Waals surface area contributed by atoms with Gasteiger partial charge in [-0.1, -0.05) is 6.92 Å². The van der Waals surface area contributed by atoms with Crippen LogP contribution in [0.1, 0.15) is 35.8 Å². The van der Waals surface area contributed by atoms with Gasteiger partial charge in [-0.2, -0.15) is 0 Å². The quantitative estimate of drug-likeness (QED) is 0.848. The molecule has 2 unspecified atom stereocenters. The number of ether oxygens (including phenoxy) is 1. The van der Waals surface area contributed by atoms with Gasteiger partial charge in [0.05, 0.1) is 12.3 Å². The van der Waals surface area contributed by atoms with Crippen LogP contribution in [0.15, 0.2) is 5.38 Å². The van der Waals surface area contributed by atoms with E-state index in [0.29, 0.717) is 17.5 Å². The molecule has 0 amide bonds. The van der Waals surface area contributed by atoms with Crippen LogP contribution in [0.25, 0.3) is 0 Å². The molecular weight excluding hydrogens is 262 g/mol. The molecule has 0 bridgehead atoms. The van der Waals surface area contributed by atoms with Crippen molar-refractivity contribution >= 4 is 17.3 Å². The second-order valence-corrected chi connectivity index (χ2v) is 5.89. The second-order valence-electron chi connectivity index (χ2n) is 5.03. The lowest BCUT2D eigenvalue weighted by Gasteiger charge is -2.34. The zero-order valence-corrected chi connectivity index (χ0v) is 12.3. The Hall–Kier alpha value is -0.980. The van der Waals surface area contributed by atoms with E-state index < -0.39 is 0 Å². The van der Waals surface area contributed by atoms with Crippen molar-refractivity contribution in [3.63, 3.8) is 0 Å². The Morgan fingerprint density at radius 3 is 3.16 bits per heavy atom. The number of nitrogens with two attached hydrogens (primary N) is 1. The number of aromatic nitrogens is 1. The molecule has 0 aromatic carbocycles. The Morgan fingerprint density at radius 1 is 1.68 bits per heavy atom. The van der Waals surface area contributed by atoms with Crippen molar-refractivity contribution in [2.75, 3.05) is 19.7 Å². The summed E-state index contributed by atoms with van der Waals surface area (Å²) in [6, 6.07) is 0.233. The first-order valence-electron chi connectivity index (χ1n) is 6.69. The van der Waals surface area contributed by atoms with Crippen LogP contribution in [0.3, 0.4) is 0 Å². The van der Waals surface area contributed by atoms with Crippen molar-refractivity contribution in [3.8, 4) is 0 Å². The summed E-state index contributed by atoms with van der Waals surface area (Å²) in [6.07, 6.45) is 1.12. The fourth-order valence-corrected chi connectivity index (χ4v) is 2.91. The second kappa shape index (κ2) is 6.45. The van der Waals surface area contributed by atoms with Crippen LogP contribution in [-0.4, -0.2) is 41.6 Å². The van der Waals surface area contributed by atoms with E-state index in [4.69, 9.17) is 10.5 Å². The van der Waals surface area contributed by atoms with Crippen LogP contribution in [0.2, 0.25) is 0 Å². The van der Waals surface area contributed by atoms with Crippen molar-refractivity contribution in [2.24, 2.45) is 11.7 Å². The summed E-state index contributed by atoms with van der Waals surface area (Å²) < 4.78 is 4.94. The maximum atomic E-state index is 11.5. The molecule has 1 aliphatic rings. The van der Waals surface area contributed by atoms with Crippen molar-refractivity contribution in [1.82, 2.24) is 9.88 Å². The number of carbonyl (C=O) groups excluding carboxylic acids is 1. The minimum atomic E-state index is -0.331. The highest BCUT2D eigenvalue weighted by Gasteiger charge is 2.23. The van der Waals surface area contributed by atoms with Gasteiger partial charge in [-0.25, -0.2) is 9.78 Å². The van der Waals surface area contributed by atoms with E-state index in [-0.39, 0.29) is 12.0 Å². The fraction of sp³-hybridized carbons (Fsp3) is 0.692. The van der Waals surface area contributed by atoms with Crippen LogP contribution >= 0.6 is 11.3 Å². The van der Waals surface area contributed by atoms with Gasteiger partial charge >= 0.3 is 5.97 Å². The zero-order valence-electron chi connectivity index (χ0n) is 11.5. The molecule has 1 saturated heterocycles. The van der Waals surface area contributed by atoms with Gasteiger partial charge in [0, 0.05) is 24.5 Å². The van der Waals surface area contributed by atoms with Gasteiger partial charge in [-0.15, -0.1) is 11.3 Å². The summed E-state index contributed by atoms with van der Waals surface area (Å²) >= 11 is 1.34. The van der Waals surface area contributed by atoms with Crippen LogP contribution in [-0.2, 0) is 11.3 Å². The Balaban J connectivity index is 1.91. The molecule has 106 valence electrons. The fourth-order valence-electron chi connectivity index (χ4n) is 2.21. The zero-order chi connectivity index (χ0) is 13.8. The molecule has 0 aliphatic carbocycles. The van der Waals surface area contributed by atoms with E-state index in [0.717, 1.165) is 31.7 Å². The molecule has 6 heteroatoms. The topological polar surface area (TPSA) is 68.5 Å². The number of piperidine rings is 1. The largest absolute Gasteiger partial charge is 0.461 e. The van der Waals surface area contributed by atoms with Gasteiger partial charge in [-0.05, 0) is 25.8 Å². The normalized spacial score (nSPS) is 24.4. The molecule has 2 N–H and O–H groups in total. The molecular formula is C13H21N3O2S. The SMILES string of the molecule is CCOC(=O)c1nc(CN2CCC(C)C(N)C2)cs1. The number of hydrogen-bond acceptors (Lipinski definition) is 6. The molecule has 0 radical (unpaired) electrons. The van der Waals surface area contributed by atoms with Crippen LogP contribution < -0.4 is 5.73 Å². The van der Waals surface area contributed by atoms with Gasteiger partial charge < -0.3 is 10.5 Å². The Morgan fingerprint density at radius 2 is 2.47 bits per heavy atom. The third kappa shape index (κ3) is 3.75. The monoisotopic (exact) mass is 283 g/mol. The Kier molecular flexibility index (Phi) is 4.90. The first kappa shape index (κ1) is 14.4. The summed E-state index contributed by atoms with van der Waals surface area (Å²) in [5.74, 6) is 0.254. The molecule has 1 aliphatic heterocycles. The standard InChI is InChI=1S/C13H21N3O2S/c1-3-18-13(17)12-15-10(8-19-12)6-16-5-4-9(2)11(14)7-16/h8-9,11H,3-7,14H2,1-2H3. The molecule has 1 fully saturated rings. The number of rotatable bonds is 4. The van der Waals surface area contributed by atoms with Gasteiger partial charge in [0.2, 0.25) is 5.01 Å². The molecule has 2 rings (SSSR count). The number of hydrogen-bond donors (Lipinski definition) is 1. The van der Waals surface area contributed by atoms with Crippen molar-refractivity contribution in [1.29, 1.82) is 0 Å². The number of esters is 1. The first-order chi connectivity index (χ1) is 9.10.